The van der Waals surface area contributed by atoms with Gasteiger partial charge in [0.15, 0.2) is 29.7 Å². The highest BCUT2D eigenvalue weighted by molar-refractivity contribution is 5.98. The van der Waals surface area contributed by atoms with Crippen LogP contribution in [0.3, 0.4) is 0 Å². The summed E-state index contributed by atoms with van der Waals surface area (Å²) in [5.41, 5.74) is 2.81. The van der Waals surface area contributed by atoms with E-state index in [0.29, 0.717) is 22.7 Å². The number of imidazole rings is 1. The van der Waals surface area contributed by atoms with Crippen molar-refractivity contribution in [3.8, 4) is 17.6 Å². The minimum atomic E-state index is -0.273. The van der Waals surface area contributed by atoms with Crippen LogP contribution in [0.4, 0.5) is 0 Å². The Morgan fingerprint density at radius 1 is 1.17 bits per heavy atom. The minimum Gasteiger partial charge on any atom is -0.507 e. The van der Waals surface area contributed by atoms with E-state index in [1.807, 2.05) is 36.4 Å². The number of hydrogen-bond donors (Lipinski definition) is 2. The lowest BCUT2D eigenvalue weighted by molar-refractivity contribution is 0.137. The van der Waals surface area contributed by atoms with Crippen LogP contribution < -0.4 is 9.47 Å². The number of para-hydroxylation sites is 2. The van der Waals surface area contributed by atoms with Gasteiger partial charge in [0.05, 0.1) is 31.0 Å². The fraction of sp³-hybridized carbons (Fsp3) is 0.190. The van der Waals surface area contributed by atoms with Gasteiger partial charge in [-0.1, -0.05) is 17.3 Å². The first kappa shape index (κ1) is 19.8. The van der Waals surface area contributed by atoms with Crippen LogP contribution in [0, 0.1) is 11.3 Å². The molecule has 0 radical (unpaired) electrons. The number of H-pyrrole nitrogens is 1. The quantitative estimate of drug-likeness (QED) is 0.274. The molecule has 29 heavy (non-hydrogen) atoms. The van der Waals surface area contributed by atoms with Crippen LogP contribution in [0.5, 0.6) is 11.5 Å². The fourth-order valence-electron chi connectivity index (χ4n) is 2.70. The van der Waals surface area contributed by atoms with Crippen molar-refractivity contribution >= 4 is 22.3 Å². The summed E-state index contributed by atoms with van der Waals surface area (Å²) in [5.74, 6) is 1.18. The third-order valence-corrected chi connectivity index (χ3v) is 4.23. The van der Waals surface area contributed by atoms with Crippen LogP contribution in [0.25, 0.3) is 16.6 Å². The molecule has 0 aliphatic rings. The van der Waals surface area contributed by atoms with E-state index >= 15 is 0 Å². The van der Waals surface area contributed by atoms with Gasteiger partial charge in [0.2, 0.25) is 0 Å². The average molecular weight is 392 g/mol. The molecule has 8 heteroatoms. The van der Waals surface area contributed by atoms with Crippen LogP contribution >= 0.6 is 0 Å². The molecule has 0 saturated heterocycles. The van der Waals surface area contributed by atoms with Crippen molar-refractivity contribution in [1.82, 2.24) is 9.97 Å². The number of aromatic nitrogens is 2. The standard InChI is InChI=1S/C21H20N4O4/c1-13(14-8-9-19(27-2)20(10-14)28-3)25-29-12-18(26)15(11-22)21-23-16-6-4-5-7-17(16)24-21/h4-10,26H,12H2,1-3H3,(H,23,24)/b18-15?,25-13-. The highest BCUT2D eigenvalue weighted by Gasteiger charge is 2.14. The van der Waals surface area contributed by atoms with Gasteiger partial charge >= 0.3 is 0 Å². The Morgan fingerprint density at radius 3 is 2.62 bits per heavy atom. The monoisotopic (exact) mass is 392 g/mol. The van der Waals surface area contributed by atoms with E-state index in [0.717, 1.165) is 11.1 Å². The number of aliphatic hydroxyl groups is 1. The first-order valence-corrected chi connectivity index (χ1v) is 8.73. The molecule has 8 nitrogen and oxygen atoms in total. The Morgan fingerprint density at radius 2 is 1.93 bits per heavy atom. The maximum atomic E-state index is 10.3. The molecule has 148 valence electrons. The summed E-state index contributed by atoms with van der Waals surface area (Å²) in [7, 11) is 3.11. The molecule has 3 rings (SSSR count). The number of oxime groups is 1. The number of fused-ring (bicyclic) bond motifs is 1. The highest BCUT2D eigenvalue weighted by Crippen LogP contribution is 2.27. The van der Waals surface area contributed by atoms with E-state index in [2.05, 4.69) is 15.1 Å². The molecule has 2 N–H and O–H groups in total. The van der Waals surface area contributed by atoms with E-state index in [1.165, 1.54) is 0 Å². The topological polar surface area (TPSA) is 113 Å². The van der Waals surface area contributed by atoms with Gasteiger partial charge < -0.3 is 24.4 Å². The van der Waals surface area contributed by atoms with Crippen molar-refractivity contribution in [2.24, 2.45) is 5.16 Å². The van der Waals surface area contributed by atoms with Gasteiger partial charge in [-0.3, -0.25) is 0 Å². The van der Waals surface area contributed by atoms with Crippen molar-refractivity contribution < 1.29 is 19.4 Å². The van der Waals surface area contributed by atoms with Crippen molar-refractivity contribution in [2.75, 3.05) is 20.8 Å². The van der Waals surface area contributed by atoms with E-state index in [9.17, 15) is 10.4 Å². The fourth-order valence-corrected chi connectivity index (χ4v) is 2.70. The number of nitriles is 1. The van der Waals surface area contributed by atoms with Gasteiger partial charge in [0.1, 0.15) is 11.6 Å². The molecule has 2 aromatic carbocycles. The molecule has 0 aliphatic carbocycles. The van der Waals surface area contributed by atoms with E-state index in [1.54, 1.807) is 33.3 Å². The molecular formula is C21H20N4O4. The van der Waals surface area contributed by atoms with Crippen molar-refractivity contribution in [3.05, 3.63) is 59.6 Å². The van der Waals surface area contributed by atoms with Crippen LogP contribution in [-0.2, 0) is 4.84 Å². The van der Waals surface area contributed by atoms with Crippen LogP contribution in [-0.4, -0.2) is 41.6 Å². The summed E-state index contributed by atoms with van der Waals surface area (Å²) >= 11 is 0. The number of aliphatic hydroxyl groups excluding tert-OH is 1. The van der Waals surface area contributed by atoms with Crippen LogP contribution in [0.15, 0.2) is 53.4 Å². The molecule has 0 aliphatic heterocycles. The Bertz CT molecular complexity index is 1090. The summed E-state index contributed by atoms with van der Waals surface area (Å²) in [6.07, 6.45) is 0. The van der Waals surface area contributed by atoms with Gasteiger partial charge in [0, 0.05) is 5.56 Å². The Balaban J connectivity index is 1.76. The van der Waals surface area contributed by atoms with E-state index < -0.39 is 0 Å². The normalized spacial score (nSPS) is 12.3. The molecule has 0 fully saturated rings. The van der Waals surface area contributed by atoms with Gasteiger partial charge in [-0.25, -0.2) is 4.98 Å². The second kappa shape index (κ2) is 8.80. The molecule has 0 bridgehead atoms. The van der Waals surface area contributed by atoms with E-state index in [-0.39, 0.29) is 23.8 Å². The van der Waals surface area contributed by atoms with Crippen LogP contribution in [0.1, 0.15) is 18.3 Å². The third-order valence-electron chi connectivity index (χ3n) is 4.23. The molecule has 1 heterocycles. The maximum absolute atomic E-state index is 10.3. The van der Waals surface area contributed by atoms with Gasteiger partial charge in [-0.15, -0.1) is 0 Å². The van der Waals surface area contributed by atoms with E-state index in [4.69, 9.17) is 14.3 Å². The summed E-state index contributed by atoms with van der Waals surface area (Å²) in [6.45, 7) is 1.48. The SMILES string of the molecule is COc1ccc(/C(C)=N\OCC(O)=C(C#N)c2nc3ccccc3[nH]2)cc1OC. The predicted molar refractivity (Wildman–Crippen MR) is 109 cm³/mol. The zero-order chi connectivity index (χ0) is 20.8. The molecular weight excluding hydrogens is 372 g/mol. The molecule has 0 spiro atoms. The average Bonchev–Trinajstić information content (AvgIpc) is 3.17. The van der Waals surface area contributed by atoms with Gasteiger partial charge in [0.25, 0.3) is 0 Å². The zero-order valence-electron chi connectivity index (χ0n) is 16.3. The number of ether oxygens (including phenoxy) is 2. The number of benzene rings is 2. The predicted octanol–water partition coefficient (Wildman–Crippen LogP) is 3.81. The number of nitrogens with one attached hydrogen (secondary N) is 1. The second-order valence-electron chi connectivity index (χ2n) is 6.06. The third kappa shape index (κ3) is 4.30. The Hall–Kier alpha value is -3.99. The number of nitrogens with zero attached hydrogens (tertiary/aromatic N) is 3. The number of rotatable bonds is 7. The smallest absolute Gasteiger partial charge is 0.175 e. The summed E-state index contributed by atoms with van der Waals surface area (Å²) in [4.78, 5) is 12.6. The Kier molecular flexibility index (Phi) is 6.00. The number of methoxy groups -OCH3 is 2. The largest absolute Gasteiger partial charge is 0.507 e. The molecule has 0 unspecified atom stereocenters. The maximum Gasteiger partial charge on any atom is 0.175 e. The molecule has 3 aromatic rings. The zero-order valence-corrected chi connectivity index (χ0v) is 16.3. The highest BCUT2D eigenvalue weighted by atomic mass is 16.6. The van der Waals surface area contributed by atoms with Gasteiger partial charge in [-0.05, 0) is 37.3 Å². The van der Waals surface area contributed by atoms with Crippen molar-refractivity contribution in [2.45, 2.75) is 6.92 Å². The first-order chi connectivity index (χ1) is 14.1. The summed E-state index contributed by atoms with van der Waals surface area (Å²) < 4.78 is 10.5. The number of allylic oxidation sites excluding steroid dienone is 1. The number of hydrogen-bond acceptors (Lipinski definition) is 7. The number of aromatic amines is 1. The Labute approximate surface area is 167 Å². The van der Waals surface area contributed by atoms with Crippen molar-refractivity contribution in [1.29, 1.82) is 5.26 Å². The summed E-state index contributed by atoms with van der Waals surface area (Å²) in [5, 5.41) is 23.7. The second-order valence-corrected chi connectivity index (χ2v) is 6.06. The molecule has 0 saturated carbocycles. The summed E-state index contributed by atoms with van der Waals surface area (Å²) in [6, 6.07) is 14.7. The molecule has 1 aromatic heterocycles. The lowest BCUT2D eigenvalue weighted by atomic mass is 10.1. The lowest BCUT2D eigenvalue weighted by Gasteiger charge is -2.09. The van der Waals surface area contributed by atoms with Gasteiger partial charge in [-0.2, -0.15) is 5.26 Å². The minimum absolute atomic E-state index is 0.000157. The molecule has 0 amide bonds. The first-order valence-electron chi connectivity index (χ1n) is 8.73. The van der Waals surface area contributed by atoms with Crippen LogP contribution in [0.2, 0.25) is 0 Å². The van der Waals surface area contributed by atoms with Crippen molar-refractivity contribution in [3.63, 3.8) is 0 Å². The molecule has 0 atom stereocenters. The lowest BCUT2D eigenvalue weighted by Crippen LogP contribution is -2.02.